The highest BCUT2D eigenvalue weighted by molar-refractivity contribution is 9.10. The van der Waals surface area contributed by atoms with Gasteiger partial charge in [-0.1, -0.05) is 34.1 Å². The van der Waals surface area contributed by atoms with Crippen LogP contribution in [0, 0.1) is 0 Å². The number of rotatable bonds is 4. The summed E-state index contributed by atoms with van der Waals surface area (Å²) in [6.07, 6.45) is 4.27. The van der Waals surface area contributed by atoms with Crippen LogP contribution in [-0.4, -0.2) is 11.7 Å². The van der Waals surface area contributed by atoms with Crippen LogP contribution in [0.15, 0.2) is 83.6 Å². The van der Waals surface area contributed by atoms with E-state index < -0.39 is 0 Å². The predicted molar refractivity (Wildman–Crippen MR) is 103 cm³/mol. The fraction of sp³-hybridized carbons (Fsp3) is 0.0952. The molecule has 0 unspecified atom stereocenters. The van der Waals surface area contributed by atoms with Crippen molar-refractivity contribution in [2.24, 2.45) is 0 Å². The van der Waals surface area contributed by atoms with E-state index in [9.17, 15) is 0 Å². The van der Waals surface area contributed by atoms with Crippen LogP contribution in [0.3, 0.4) is 0 Å². The molecule has 0 aliphatic rings. The lowest BCUT2D eigenvalue weighted by Gasteiger charge is -2.05. The number of methoxy groups -OCH3 is 1. The van der Waals surface area contributed by atoms with E-state index in [1.807, 2.05) is 12.1 Å². The number of ether oxygens (including phenoxy) is 1. The number of hydrogen-bond donors (Lipinski definition) is 0. The SMILES string of the molecule is COc1ccc(Cn2c(-c3ccc(Br)cc3)c[n+]3ccccc23)cc1.[Br-]. The van der Waals surface area contributed by atoms with Crippen LogP contribution >= 0.6 is 15.9 Å². The Labute approximate surface area is 171 Å². The first-order valence-electron chi connectivity index (χ1n) is 8.13. The molecule has 4 aromatic rings. The Morgan fingerprint density at radius 3 is 2.38 bits per heavy atom. The number of hydrogen-bond acceptors (Lipinski definition) is 1. The molecule has 0 aliphatic carbocycles. The quantitative estimate of drug-likeness (QED) is 0.413. The first-order valence-corrected chi connectivity index (χ1v) is 8.92. The van der Waals surface area contributed by atoms with Gasteiger partial charge >= 0.3 is 0 Å². The van der Waals surface area contributed by atoms with Crippen molar-refractivity contribution in [2.45, 2.75) is 6.54 Å². The molecule has 0 spiro atoms. The summed E-state index contributed by atoms with van der Waals surface area (Å²) in [7, 11) is 1.69. The van der Waals surface area contributed by atoms with E-state index in [1.54, 1.807) is 7.11 Å². The average molecular weight is 474 g/mol. The summed E-state index contributed by atoms with van der Waals surface area (Å²) < 4.78 is 10.9. The maximum atomic E-state index is 5.26. The molecule has 0 radical (unpaired) electrons. The van der Waals surface area contributed by atoms with Crippen molar-refractivity contribution in [3.05, 3.63) is 89.2 Å². The highest BCUT2D eigenvalue weighted by atomic mass is 79.9. The summed E-state index contributed by atoms with van der Waals surface area (Å²) >= 11 is 3.51. The number of fused-ring (bicyclic) bond motifs is 1. The maximum absolute atomic E-state index is 5.26. The molecule has 26 heavy (non-hydrogen) atoms. The molecule has 0 N–H and O–H groups in total. The Balaban J connectivity index is 0.00000196. The minimum atomic E-state index is 0. The molecule has 2 aromatic carbocycles. The van der Waals surface area contributed by atoms with Crippen LogP contribution in [-0.2, 0) is 6.54 Å². The van der Waals surface area contributed by atoms with Gasteiger partial charge in [-0.05, 0) is 48.0 Å². The zero-order chi connectivity index (χ0) is 17.2. The predicted octanol–water partition coefficient (Wildman–Crippen LogP) is 1.72. The van der Waals surface area contributed by atoms with Gasteiger partial charge in [0.15, 0.2) is 5.69 Å². The second kappa shape index (κ2) is 8.06. The van der Waals surface area contributed by atoms with Gasteiger partial charge in [0.2, 0.25) is 0 Å². The van der Waals surface area contributed by atoms with Gasteiger partial charge in [0.1, 0.15) is 18.5 Å². The number of benzene rings is 2. The van der Waals surface area contributed by atoms with Crippen molar-refractivity contribution >= 4 is 21.6 Å². The highest BCUT2D eigenvalue weighted by Gasteiger charge is 2.19. The first-order chi connectivity index (χ1) is 12.2. The molecule has 0 amide bonds. The molecule has 0 bridgehead atoms. The molecule has 2 heterocycles. The zero-order valence-electron chi connectivity index (χ0n) is 14.3. The fourth-order valence-corrected chi connectivity index (χ4v) is 3.30. The lowest BCUT2D eigenvalue weighted by molar-refractivity contribution is -0.510. The third kappa shape index (κ3) is 3.69. The summed E-state index contributed by atoms with van der Waals surface area (Å²) in [6, 6.07) is 23.0. The van der Waals surface area contributed by atoms with Crippen molar-refractivity contribution in [1.29, 1.82) is 0 Å². The minimum absolute atomic E-state index is 0. The molecule has 3 nitrogen and oxygen atoms in total. The van der Waals surface area contributed by atoms with Crippen LogP contribution in [0.25, 0.3) is 16.9 Å². The molecule has 0 atom stereocenters. The van der Waals surface area contributed by atoms with Crippen LogP contribution in [0.5, 0.6) is 5.75 Å². The fourth-order valence-electron chi connectivity index (χ4n) is 3.04. The molecule has 132 valence electrons. The molecular weight excluding hydrogens is 456 g/mol. The number of pyridine rings is 1. The van der Waals surface area contributed by atoms with Crippen LogP contribution in [0.1, 0.15) is 5.56 Å². The van der Waals surface area contributed by atoms with Gasteiger partial charge in [0.05, 0.1) is 13.3 Å². The molecular formula is C21H18Br2N2O. The second-order valence-electron chi connectivity index (χ2n) is 5.92. The lowest BCUT2D eigenvalue weighted by Crippen LogP contribution is -3.00. The van der Waals surface area contributed by atoms with Gasteiger partial charge in [-0.15, -0.1) is 0 Å². The van der Waals surface area contributed by atoms with Crippen molar-refractivity contribution in [3.63, 3.8) is 0 Å². The normalized spacial score (nSPS) is 10.5. The van der Waals surface area contributed by atoms with E-state index in [0.29, 0.717) is 0 Å². The van der Waals surface area contributed by atoms with E-state index in [0.717, 1.165) is 22.4 Å². The number of aromatic nitrogens is 2. The Hall–Kier alpha value is -2.11. The lowest BCUT2D eigenvalue weighted by atomic mass is 10.1. The van der Waals surface area contributed by atoms with E-state index in [4.69, 9.17) is 4.74 Å². The number of halogens is 2. The highest BCUT2D eigenvalue weighted by Crippen LogP contribution is 2.24. The number of nitrogens with zero attached hydrogens (tertiary/aromatic N) is 2. The standard InChI is InChI=1S/C21H18BrN2O.BrH/c1-25-19-11-5-16(6-12-19)14-24-20(17-7-9-18(22)10-8-17)15-23-13-3-2-4-21(23)24;/h2-13,15H,14H2,1H3;1H/q+1;/p-1. The summed E-state index contributed by atoms with van der Waals surface area (Å²) in [4.78, 5) is 0. The zero-order valence-corrected chi connectivity index (χ0v) is 17.4. The summed E-state index contributed by atoms with van der Waals surface area (Å²) in [5, 5.41) is 0. The van der Waals surface area contributed by atoms with Crippen LogP contribution < -0.4 is 26.1 Å². The molecule has 0 saturated carbocycles. The number of imidazole rings is 1. The molecule has 0 fully saturated rings. The second-order valence-corrected chi connectivity index (χ2v) is 6.84. The largest absolute Gasteiger partial charge is 1.00 e. The average Bonchev–Trinajstić information content (AvgIpc) is 3.02. The smallest absolute Gasteiger partial charge is 0.286 e. The van der Waals surface area contributed by atoms with Crippen molar-refractivity contribution < 1.29 is 26.1 Å². The summed E-state index contributed by atoms with van der Waals surface area (Å²) in [5.74, 6) is 0.878. The Morgan fingerprint density at radius 2 is 1.69 bits per heavy atom. The molecule has 4 rings (SSSR count). The van der Waals surface area contributed by atoms with Crippen LogP contribution in [0.4, 0.5) is 0 Å². The van der Waals surface area contributed by atoms with E-state index in [2.05, 4.69) is 91.9 Å². The summed E-state index contributed by atoms with van der Waals surface area (Å²) in [6.45, 7) is 0.801. The molecule has 0 saturated heterocycles. The third-order valence-electron chi connectivity index (χ3n) is 4.34. The summed E-state index contributed by atoms with van der Waals surface area (Å²) in [5.41, 5.74) is 4.78. The Morgan fingerprint density at radius 1 is 0.962 bits per heavy atom. The van der Waals surface area contributed by atoms with Crippen molar-refractivity contribution in [3.8, 4) is 17.0 Å². The van der Waals surface area contributed by atoms with Gasteiger partial charge in [0.25, 0.3) is 5.65 Å². The van der Waals surface area contributed by atoms with Gasteiger partial charge in [-0.2, -0.15) is 0 Å². The monoisotopic (exact) mass is 472 g/mol. The van der Waals surface area contributed by atoms with E-state index in [-0.39, 0.29) is 17.0 Å². The molecule has 5 heteroatoms. The van der Waals surface area contributed by atoms with Gasteiger partial charge in [0, 0.05) is 16.1 Å². The van der Waals surface area contributed by atoms with Crippen molar-refractivity contribution in [2.75, 3.05) is 7.11 Å². The first kappa shape index (κ1) is 18.7. The minimum Gasteiger partial charge on any atom is -1.00 e. The van der Waals surface area contributed by atoms with Gasteiger partial charge in [-0.25, -0.2) is 8.97 Å². The maximum Gasteiger partial charge on any atom is 0.286 e. The topological polar surface area (TPSA) is 18.3 Å². The Bertz CT molecular complexity index is 1010. The van der Waals surface area contributed by atoms with Gasteiger partial charge < -0.3 is 21.7 Å². The Kier molecular flexibility index (Phi) is 5.79. The molecule has 0 aliphatic heterocycles. The van der Waals surface area contributed by atoms with E-state index >= 15 is 0 Å². The van der Waals surface area contributed by atoms with Crippen LogP contribution in [0.2, 0.25) is 0 Å². The van der Waals surface area contributed by atoms with Crippen molar-refractivity contribution in [1.82, 2.24) is 4.57 Å². The van der Waals surface area contributed by atoms with Gasteiger partial charge in [-0.3, -0.25) is 0 Å². The van der Waals surface area contributed by atoms with E-state index in [1.165, 1.54) is 16.8 Å². The molecule has 2 aromatic heterocycles. The third-order valence-corrected chi connectivity index (χ3v) is 4.86.